The summed E-state index contributed by atoms with van der Waals surface area (Å²) < 4.78 is 6.66. The van der Waals surface area contributed by atoms with Crippen molar-refractivity contribution in [3.05, 3.63) is 58.3 Å². The number of H-pyrrole nitrogens is 1. The van der Waals surface area contributed by atoms with Gasteiger partial charge in [-0.3, -0.25) is 10.2 Å². The lowest BCUT2D eigenvalue weighted by Crippen LogP contribution is -2.74. The number of hydrogen-bond donors (Lipinski definition) is 5. The second kappa shape index (κ2) is 7.43. The molecule has 3 heterocycles. The van der Waals surface area contributed by atoms with E-state index < -0.39 is 17.1 Å². The third-order valence-electron chi connectivity index (χ3n) is 9.84. The van der Waals surface area contributed by atoms with Gasteiger partial charge in [-0.1, -0.05) is 12.1 Å². The molecule has 3 aromatic rings. The summed E-state index contributed by atoms with van der Waals surface area (Å²) in [4.78, 5) is 10.4. The molecule has 4 atom stereocenters. The third-order valence-corrected chi connectivity index (χ3v) is 9.84. The largest absolute Gasteiger partial charge is 0.504 e. The topological polar surface area (TPSA) is 143 Å². The van der Waals surface area contributed by atoms with E-state index in [1.54, 1.807) is 12.3 Å². The summed E-state index contributed by atoms with van der Waals surface area (Å²) >= 11 is 0. The van der Waals surface area contributed by atoms with E-state index in [1.807, 2.05) is 18.2 Å². The van der Waals surface area contributed by atoms with E-state index in [-0.39, 0.29) is 17.8 Å². The number of guanidine groups is 1. The minimum Gasteiger partial charge on any atom is -0.504 e. The molecule has 0 radical (unpaired) electrons. The van der Waals surface area contributed by atoms with E-state index in [9.17, 15) is 10.2 Å². The van der Waals surface area contributed by atoms with Gasteiger partial charge in [0.25, 0.3) is 0 Å². The highest BCUT2D eigenvalue weighted by atomic mass is 16.5. The number of phenols is 1. The molecule has 9 nitrogen and oxygen atoms in total. The molecule has 1 aromatic heterocycles. The molecule has 2 bridgehead atoms. The molecule has 0 unspecified atom stereocenters. The zero-order chi connectivity index (χ0) is 25.8. The number of likely N-dealkylation sites (tertiary alicyclic amines) is 1. The molecule has 9 heteroatoms. The van der Waals surface area contributed by atoms with Crippen LogP contribution in [-0.4, -0.2) is 50.8 Å². The lowest BCUT2D eigenvalue weighted by molar-refractivity contribution is -0.173. The number of aliphatic imine (C=N–C) groups is 1. The number of aromatic amines is 1. The molecule has 8 rings (SSSR count). The van der Waals surface area contributed by atoms with Gasteiger partial charge in [-0.15, -0.1) is 0 Å². The maximum absolute atomic E-state index is 12.9. The van der Waals surface area contributed by atoms with Crippen LogP contribution in [0.1, 0.15) is 53.3 Å². The smallest absolute Gasteiger partial charge is 0.202 e. The molecular weight excluding hydrogens is 480 g/mol. The van der Waals surface area contributed by atoms with Gasteiger partial charge < -0.3 is 25.7 Å². The Bertz CT molecular complexity index is 1590. The van der Waals surface area contributed by atoms with Crippen molar-refractivity contribution in [2.75, 3.05) is 13.1 Å². The fourth-order valence-electron chi connectivity index (χ4n) is 8.04. The molecular formula is C29H30N6O3. The SMILES string of the molecule is N#CNC(N)=NCc1ccc2[nH]c3c(c2c1)C[C@@]1(O)[C@@H]2Cc4ccc(O)c5c4[C@@]1(CCN2CC1CC1)[C@H]3O5. The summed E-state index contributed by atoms with van der Waals surface area (Å²) in [5, 5.41) is 36.0. The Morgan fingerprint density at radius 3 is 3.00 bits per heavy atom. The second-order valence-corrected chi connectivity index (χ2v) is 11.8. The van der Waals surface area contributed by atoms with Gasteiger partial charge in [0.05, 0.1) is 23.3 Å². The number of nitrogens with two attached hydrogens (primary N) is 1. The Labute approximate surface area is 219 Å². The Morgan fingerprint density at radius 1 is 1.32 bits per heavy atom. The van der Waals surface area contributed by atoms with Crippen LogP contribution in [0.2, 0.25) is 0 Å². The highest BCUT2D eigenvalue weighted by molar-refractivity contribution is 5.87. The number of nitrogens with one attached hydrogen (secondary N) is 2. The number of benzene rings is 2. The van der Waals surface area contributed by atoms with Crippen LogP contribution in [0.4, 0.5) is 0 Å². The van der Waals surface area contributed by atoms with Gasteiger partial charge in [0, 0.05) is 35.5 Å². The van der Waals surface area contributed by atoms with Crippen LogP contribution in [0.3, 0.4) is 0 Å². The summed E-state index contributed by atoms with van der Waals surface area (Å²) in [6.07, 6.45) is 6.02. The van der Waals surface area contributed by atoms with Crippen molar-refractivity contribution in [3.63, 3.8) is 0 Å². The van der Waals surface area contributed by atoms with Crippen LogP contribution in [0, 0.1) is 17.4 Å². The van der Waals surface area contributed by atoms with Crippen LogP contribution in [0.25, 0.3) is 10.9 Å². The Kier molecular flexibility index (Phi) is 4.35. The number of ether oxygens (including phenoxy) is 1. The molecule has 1 saturated carbocycles. The molecule has 6 N–H and O–H groups in total. The van der Waals surface area contributed by atoms with Crippen LogP contribution >= 0.6 is 0 Å². The number of hydrogen-bond acceptors (Lipinski definition) is 6. The summed E-state index contributed by atoms with van der Waals surface area (Å²) in [7, 11) is 0. The lowest BCUT2D eigenvalue weighted by atomic mass is 9.49. The number of rotatable bonds is 4. The molecule has 1 saturated heterocycles. The first-order chi connectivity index (χ1) is 18.4. The molecule has 2 aliphatic heterocycles. The number of phenolic OH excluding ortho intramolecular Hbond substituents is 1. The zero-order valence-electron chi connectivity index (χ0n) is 21.0. The molecule has 38 heavy (non-hydrogen) atoms. The van der Waals surface area contributed by atoms with Crippen LogP contribution < -0.4 is 15.8 Å². The Balaban J connectivity index is 1.29. The third kappa shape index (κ3) is 2.74. The molecule has 3 aliphatic carbocycles. The van der Waals surface area contributed by atoms with Crippen LogP contribution in [-0.2, 0) is 24.8 Å². The van der Waals surface area contributed by atoms with Gasteiger partial charge in [-0.05, 0) is 73.0 Å². The molecule has 2 fully saturated rings. The van der Waals surface area contributed by atoms with Gasteiger partial charge in [-0.25, -0.2) is 4.99 Å². The number of aromatic nitrogens is 1. The van der Waals surface area contributed by atoms with Gasteiger partial charge in [0.1, 0.15) is 0 Å². The summed E-state index contributed by atoms with van der Waals surface area (Å²) in [6, 6.07) is 9.91. The van der Waals surface area contributed by atoms with Crippen molar-refractivity contribution < 1.29 is 14.9 Å². The predicted octanol–water partition coefficient (Wildman–Crippen LogP) is 2.46. The number of nitriles is 1. The summed E-state index contributed by atoms with van der Waals surface area (Å²) in [5.74, 6) is 1.51. The number of aromatic hydroxyl groups is 1. The Morgan fingerprint density at radius 2 is 2.18 bits per heavy atom. The molecule has 194 valence electrons. The molecule has 2 aromatic carbocycles. The van der Waals surface area contributed by atoms with Crippen molar-refractivity contribution in [2.24, 2.45) is 16.6 Å². The van der Waals surface area contributed by atoms with Crippen molar-refractivity contribution in [2.45, 2.75) is 61.8 Å². The van der Waals surface area contributed by atoms with E-state index in [0.717, 1.165) is 65.1 Å². The highest BCUT2D eigenvalue weighted by Crippen LogP contribution is 2.69. The second-order valence-electron chi connectivity index (χ2n) is 11.8. The average Bonchev–Trinajstić information content (AvgIpc) is 3.54. The van der Waals surface area contributed by atoms with Crippen molar-refractivity contribution in [1.29, 1.82) is 5.26 Å². The molecule has 1 spiro atoms. The number of aliphatic hydroxyl groups is 1. The van der Waals surface area contributed by atoms with Crippen molar-refractivity contribution in [3.8, 4) is 17.7 Å². The van der Waals surface area contributed by atoms with E-state index in [1.165, 1.54) is 18.4 Å². The van der Waals surface area contributed by atoms with E-state index in [0.29, 0.717) is 18.7 Å². The zero-order valence-corrected chi connectivity index (χ0v) is 21.0. The maximum atomic E-state index is 12.9. The molecule has 0 amide bonds. The van der Waals surface area contributed by atoms with Gasteiger partial charge in [-0.2, -0.15) is 5.26 Å². The van der Waals surface area contributed by atoms with Crippen molar-refractivity contribution >= 4 is 16.9 Å². The minimum atomic E-state index is -1.02. The quantitative estimate of drug-likeness (QED) is 0.157. The number of fused-ring (bicyclic) bond motifs is 4. The fourth-order valence-corrected chi connectivity index (χ4v) is 8.04. The standard InChI is InChI=1S/C29H30N6O3/c30-14-33-27(31)32-12-16-3-5-20-18(9-16)19-11-29(37)22-10-17-4-6-21(36)25-23(17)28(29,26(38-25)24(19)34-20)7-8-35(22)13-15-1-2-15/h3-6,9,15,22,26,34,36-37H,1-2,7-8,10-13H2,(H3,31,32,33)/t22-,26-,28-,29+/m0/s1. The first-order valence-corrected chi connectivity index (χ1v) is 13.5. The lowest BCUT2D eigenvalue weighted by Gasteiger charge is -2.62. The minimum absolute atomic E-state index is 0.00585. The van der Waals surface area contributed by atoms with Gasteiger partial charge in [0.2, 0.25) is 5.96 Å². The number of nitrogens with zero attached hydrogens (tertiary/aromatic N) is 3. The highest BCUT2D eigenvalue weighted by Gasteiger charge is 2.72. The van der Waals surface area contributed by atoms with Gasteiger partial charge >= 0.3 is 0 Å². The van der Waals surface area contributed by atoms with E-state index >= 15 is 0 Å². The first kappa shape index (κ1) is 22.3. The van der Waals surface area contributed by atoms with Crippen LogP contribution in [0.15, 0.2) is 35.3 Å². The van der Waals surface area contributed by atoms with Crippen molar-refractivity contribution in [1.82, 2.24) is 15.2 Å². The number of piperidine rings is 1. The van der Waals surface area contributed by atoms with Crippen LogP contribution in [0.5, 0.6) is 11.5 Å². The first-order valence-electron chi connectivity index (χ1n) is 13.5. The van der Waals surface area contributed by atoms with E-state index in [2.05, 4.69) is 26.3 Å². The fraction of sp³-hybridized carbons (Fsp3) is 0.448. The summed E-state index contributed by atoms with van der Waals surface area (Å²) in [6.45, 7) is 2.30. The van der Waals surface area contributed by atoms with E-state index in [4.69, 9.17) is 15.7 Å². The Hall–Kier alpha value is -3.74. The summed E-state index contributed by atoms with van der Waals surface area (Å²) in [5.41, 5.74) is 10.4. The maximum Gasteiger partial charge on any atom is 0.202 e. The van der Waals surface area contributed by atoms with Gasteiger partial charge in [0.15, 0.2) is 23.8 Å². The molecule has 5 aliphatic rings. The predicted molar refractivity (Wildman–Crippen MR) is 141 cm³/mol. The average molecular weight is 511 g/mol. The monoisotopic (exact) mass is 510 g/mol. The normalized spacial score (nSPS) is 30.9.